The molecule has 0 aromatic rings. The molecule has 0 spiro atoms. The Balaban J connectivity index is -0.0000000800. The average molecular weight is 397 g/mol. The van der Waals surface area contributed by atoms with E-state index in [9.17, 15) is 0 Å². The third kappa shape index (κ3) is 42.5. The van der Waals surface area contributed by atoms with Gasteiger partial charge < -0.3 is 0 Å². The molecule has 0 fully saturated rings. The smallest absolute Gasteiger partial charge is 1.00 e. The summed E-state index contributed by atoms with van der Waals surface area (Å²) in [6.07, 6.45) is 0. The summed E-state index contributed by atoms with van der Waals surface area (Å²) in [4.78, 5) is 0. The fraction of sp³-hybridized carbons (Fsp3) is 0. The Bertz CT molecular complexity index is 25.2. The molecule has 0 aromatic heterocycles. The molecule has 0 aromatic carbocycles. The molecular formula is Br4CuLi2. The molecule has 0 aliphatic rings. The maximum Gasteiger partial charge on any atom is 1.00 e. The van der Waals surface area contributed by atoms with Crippen LogP contribution in [-0.2, 0) is 5.61 Å². The van der Waals surface area contributed by atoms with Gasteiger partial charge in [-0.2, -0.15) is 0 Å². The SMILES string of the molecule is [Br][Cu-2]([Br])([Br])[Br].[Li+].[Li+]. The topological polar surface area (TPSA) is 0 Å². The first-order chi connectivity index (χ1) is 2.00. The van der Waals surface area contributed by atoms with E-state index in [1.54, 1.807) is 0 Å². The molecule has 0 unspecified atom stereocenters. The predicted molar refractivity (Wildman–Crippen MR) is 35.7 cm³/mol. The molecule has 0 amide bonds. The van der Waals surface area contributed by atoms with Crippen LogP contribution in [0.3, 0.4) is 0 Å². The van der Waals surface area contributed by atoms with Crippen LogP contribution in [0.1, 0.15) is 0 Å². The van der Waals surface area contributed by atoms with Crippen molar-refractivity contribution in [3.05, 3.63) is 0 Å². The van der Waals surface area contributed by atoms with Crippen LogP contribution in [-0.4, -0.2) is 0 Å². The normalized spacial score (nSPS) is 10.9. The Kier molecular flexibility index (Phi) is 18.7. The van der Waals surface area contributed by atoms with Crippen molar-refractivity contribution in [1.29, 1.82) is 0 Å². The zero-order valence-electron chi connectivity index (χ0n) is 3.81. The molecule has 0 aliphatic carbocycles. The van der Waals surface area contributed by atoms with E-state index in [4.69, 9.17) is 0 Å². The van der Waals surface area contributed by atoms with Crippen LogP contribution < -0.4 is 37.7 Å². The fourth-order valence-electron chi connectivity index (χ4n) is 0. The van der Waals surface area contributed by atoms with Crippen LogP contribution >= 0.6 is 56.4 Å². The second kappa shape index (κ2) is 7.74. The van der Waals surface area contributed by atoms with Gasteiger partial charge in [0, 0.05) is 0 Å². The Morgan fingerprint density at radius 3 is 0.714 bits per heavy atom. The van der Waals surface area contributed by atoms with E-state index in [1.165, 1.54) is 0 Å². The molecule has 0 N–H and O–H groups in total. The zero-order chi connectivity index (χ0) is 4.50. The fourth-order valence-corrected chi connectivity index (χ4v) is 0. The summed E-state index contributed by atoms with van der Waals surface area (Å²) < 4.78 is 0. The molecule has 0 atom stereocenters. The van der Waals surface area contributed by atoms with Gasteiger partial charge in [-0.1, -0.05) is 0 Å². The van der Waals surface area contributed by atoms with Crippen LogP contribution in [0.4, 0.5) is 0 Å². The predicted octanol–water partition coefficient (Wildman–Crippen LogP) is -2.61. The van der Waals surface area contributed by atoms with Crippen molar-refractivity contribution in [3.63, 3.8) is 0 Å². The molecule has 41 valence electrons. The van der Waals surface area contributed by atoms with Crippen LogP contribution in [0, 0.1) is 0 Å². The molecule has 0 aliphatic heterocycles. The van der Waals surface area contributed by atoms with Crippen molar-refractivity contribution in [2.75, 3.05) is 0 Å². The Morgan fingerprint density at radius 1 is 0.714 bits per heavy atom. The van der Waals surface area contributed by atoms with Crippen molar-refractivity contribution >= 4 is 56.4 Å². The molecule has 0 nitrogen and oxygen atoms in total. The minimum atomic E-state index is -0.875. The molecule has 0 radical (unpaired) electrons. The van der Waals surface area contributed by atoms with E-state index in [2.05, 4.69) is 56.4 Å². The van der Waals surface area contributed by atoms with E-state index >= 15 is 0 Å². The van der Waals surface area contributed by atoms with Crippen LogP contribution in [0.2, 0.25) is 0 Å². The summed E-state index contributed by atoms with van der Waals surface area (Å²) in [5, 5.41) is 0. The van der Waals surface area contributed by atoms with Crippen molar-refractivity contribution in [3.8, 4) is 0 Å². The van der Waals surface area contributed by atoms with E-state index in [-0.39, 0.29) is 37.7 Å². The number of rotatable bonds is 0. The Morgan fingerprint density at radius 2 is 0.714 bits per heavy atom. The van der Waals surface area contributed by atoms with Gasteiger partial charge in [0.05, 0.1) is 0 Å². The first-order valence-corrected chi connectivity index (χ1v) is 9.77. The number of hydrogen-bond acceptors (Lipinski definition) is 0. The van der Waals surface area contributed by atoms with Crippen molar-refractivity contribution in [2.45, 2.75) is 0 Å². The second-order valence-corrected chi connectivity index (χ2v) is 28.8. The first kappa shape index (κ1) is 16.9. The van der Waals surface area contributed by atoms with Gasteiger partial charge in [-0.05, 0) is 0 Å². The Hall–Kier alpha value is 3.63. The first-order valence-electron chi connectivity index (χ1n) is 0.456. The van der Waals surface area contributed by atoms with Gasteiger partial charge >= 0.3 is 99.8 Å². The van der Waals surface area contributed by atoms with Crippen molar-refractivity contribution in [1.82, 2.24) is 0 Å². The van der Waals surface area contributed by atoms with Gasteiger partial charge in [0.2, 0.25) is 0 Å². The summed E-state index contributed by atoms with van der Waals surface area (Å²) in [6.45, 7) is 0. The van der Waals surface area contributed by atoms with Gasteiger partial charge in [-0.25, -0.2) is 0 Å². The van der Waals surface area contributed by atoms with Crippen molar-refractivity contribution < 1.29 is 43.3 Å². The van der Waals surface area contributed by atoms with Crippen molar-refractivity contribution in [2.24, 2.45) is 0 Å². The van der Waals surface area contributed by atoms with Gasteiger partial charge in [-0.3, -0.25) is 0 Å². The maximum atomic E-state index is 3.20. The van der Waals surface area contributed by atoms with E-state index in [1.807, 2.05) is 0 Å². The second-order valence-electron chi connectivity index (χ2n) is 0.258. The largest absolute Gasteiger partial charge is 1.00 e. The van der Waals surface area contributed by atoms with Gasteiger partial charge in [-0.15, -0.1) is 0 Å². The zero-order valence-corrected chi connectivity index (χ0v) is 11.1. The molecule has 0 bridgehead atoms. The molecular weight excluding hydrogens is 397 g/mol. The van der Waals surface area contributed by atoms with E-state index in [0.717, 1.165) is 0 Å². The van der Waals surface area contributed by atoms with Crippen LogP contribution in [0.15, 0.2) is 0 Å². The Labute approximate surface area is 97.7 Å². The minimum absolute atomic E-state index is 0. The number of hydrogen-bond donors (Lipinski definition) is 0. The molecule has 0 saturated carbocycles. The molecule has 7 heavy (non-hydrogen) atoms. The summed E-state index contributed by atoms with van der Waals surface area (Å²) >= 11 is 12.8. The summed E-state index contributed by atoms with van der Waals surface area (Å²) in [7, 11) is 0. The van der Waals surface area contributed by atoms with Crippen LogP contribution in [0.25, 0.3) is 0 Å². The van der Waals surface area contributed by atoms with Crippen LogP contribution in [0.5, 0.6) is 0 Å². The third-order valence-corrected chi connectivity index (χ3v) is 0. The molecule has 7 heteroatoms. The van der Waals surface area contributed by atoms with E-state index < -0.39 is 5.61 Å². The van der Waals surface area contributed by atoms with Gasteiger partial charge in [0.25, 0.3) is 0 Å². The minimum Gasteiger partial charge on any atom is 1.00 e. The monoisotopic (exact) mass is 393 g/mol. The molecule has 0 saturated heterocycles. The standard InChI is InChI=1S/4BrH.Cu.2Li/h4*1H;;;/q;;;;+2;2*+1/p-4. The van der Waals surface area contributed by atoms with E-state index in [0.29, 0.717) is 0 Å². The molecule has 0 rings (SSSR count). The maximum absolute atomic E-state index is 3.20. The average Bonchev–Trinajstić information content (AvgIpc) is 0.722. The van der Waals surface area contributed by atoms with Gasteiger partial charge in [0.15, 0.2) is 0 Å². The molecule has 0 heterocycles. The number of halogens is 4. The third-order valence-electron chi connectivity index (χ3n) is 0. The summed E-state index contributed by atoms with van der Waals surface area (Å²) in [5.74, 6) is 0. The quantitative estimate of drug-likeness (QED) is 0.394. The summed E-state index contributed by atoms with van der Waals surface area (Å²) in [6, 6.07) is 0. The summed E-state index contributed by atoms with van der Waals surface area (Å²) in [5.41, 5.74) is -0.875. The van der Waals surface area contributed by atoms with Gasteiger partial charge in [0.1, 0.15) is 0 Å².